The largest absolute Gasteiger partial charge is 0.310 e. The topological polar surface area (TPSA) is 23.9 Å². The Hall–Kier alpha value is -0.330. The minimum absolute atomic E-state index is 0.619. The molecular formula is C25H49N. The third kappa shape index (κ3) is 8.13. The van der Waals surface area contributed by atoms with Crippen molar-refractivity contribution in [2.75, 3.05) is 0 Å². The Labute approximate surface area is 165 Å². The summed E-state index contributed by atoms with van der Waals surface area (Å²) >= 11 is 0. The second-order valence-electron chi connectivity index (χ2n) is 9.76. The quantitative estimate of drug-likeness (QED) is 0.222. The van der Waals surface area contributed by atoms with Crippen molar-refractivity contribution in [2.24, 2.45) is 23.2 Å². The van der Waals surface area contributed by atoms with E-state index < -0.39 is 0 Å². The Morgan fingerprint density at radius 2 is 1.73 bits per heavy atom. The Morgan fingerprint density at radius 1 is 1.04 bits per heavy atom. The van der Waals surface area contributed by atoms with Gasteiger partial charge in [-0.05, 0) is 75.0 Å². The van der Waals surface area contributed by atoms with E-state index in [1.807, 2.05) is 6.92 Å². The number of rotatable bonds is 15. The molecule has 4 unspecified atom stereocenters. The van der Waals surface area contributed by atoms with Crippen LogP contribution >= 0.6 is 0 Å². The lowest BCUT2D eigenvalue weighted by Crippen LogP contribution is -2.32. The maximum atomic E-state index is 7.56. The van der Waals surface area contributed by atoms with Crippen LogP contribution in [0.15, 0.2) is 0 Å². The first-order valence-corrected chi connectivity index (χ1v) is 12.0. The molecule has 1 nitrogen and oxygen atoms in total. The lowest BCUT2D eigenvalue weighted by molar-refractivity contribution is 0.0920. The average molecular weight is 364 g/mol. The first-order valence-electron chi connectivity index (χ1n) is 12.0. The first-order chi connectivity index (χ1) is 12.4. The summed E-state index contributed by atoms with van der Waals surface area (Å²) in [5.74, 6) is 2.85. The summed E-state index contributed by atoms with van der Waals surface area (Å²) in [5.41, 5.74) is 1.47. The van der Waals surface area contributed by atoms with E-state index >= 15 is 0 Å². The summed E-state index contributed by atoms with van der Waals surface area (Å²) in [4.78, 5) is 0. The van der Waals surface area contributed by atoms with Gasteiger partial charge in [0, 0.05) is 5.71 Å². The third-order valence-corrected chi connectivity index (χ3v) is 7.60. The van der Waals surface area contributed by atoms with Crippen LogP contribution in [0.5, 0.6) is 0 Å². The molecule has 1 rings (SSSR count). The first kappa shape index (κ1) is 23.7. The van der Waals surface area contributed by atoms with Crippen LogP contribution in [0.2, 0.25) is 0 Å². The zero-order chi connectivity index (χ0) is 19.4. The lowest BCUT2D eigenvalue weighted by atomic mass is 9.65. The zero-order valence-electron chi connectivity index (χ0n) is 18.8. The van der Waals surface area contributed by atoms with E-state index in [4.69, 9.17) is 5.41 Å². The van der Waals surface area contributed by atoms with Gasteiger partial charge >= 0.3 is 0 Å². The highest BCUT2D eigenvalue weighted by Gasteiger charge is 2.43. The van der Waals surface area contributed by atoms with E-state index in [2.05, 4.69) is 27.7 Å². The molecule has 1 aliphatic rings. The van der Waals surface area contributed by atoms with Crippen molar-refractivity contribution in [1.82, 2.24) is 0 Å². The normalized spacial score (nSPS) is 25.3. The maximum Gasteiger partial charge on any atom is 0.00582 e. The molecule has 1 saturated carbocycles. The van der Waals surface area contributed by atoms with E-state index in [-0.39, 0.29) is 0 Å². The van der Waals surface area contributed by atoms with Crippen molar-refractivity contribution in [3.05, 3.63) is 0 Å². The van der Waals surface area contributed by atoms with Crippen LogP contribution in [0, 0.1) is 28.6 Å². The Morgan fingerprint density at radius 3 is 2.38 bits per heavy atom. The van der Waals surface area contributed by atoms with Gasteiger partial charge in [0.05, 0.1) is 0 Å². The van der Waals surface area contributed by atoms with Crippen molar-refractivity contribution < 1.29 is 0 Å². The van der Waals surface area contributed by atoms with Gasteiger partial charge in [0.2, 0.25) is 0 Å². The Kier molecular flexibility index (Phi) is 11.8. The second kappa shape index (κ2) is 12.9. The molecule has 154 valence electrons. The number of unbranched alkanes of at least 4 members (excludes halogenated alkanes) is 4. The molecule has 0 aromatic rings. The summed E-state index contributed by atoms with van der Waals surface area (Å²) in [5, 5.41) is 7.56. The number of hydrogen-bond acceptors (Lipinski definition) is 1. The lowest BCUT2D eigenvalue weighted by Gasteiger charge is -2.40. The standard InChI is InChI=1S/C25H49N/c1-6-8-15-23(16-12-10-9-11-14-22(4)26)25(5)20-13-17-24(25)19-18-21(3)7-2/h21,23-24,26H,6-20H2,1-5H3. The molecule has 4 atom stereocenters. The van der Waals surface area contributed by atoms with E-state index in [1.54, 1.807) is 0 Å². The van der Waals surface area contributed by atoms with E-state index in [0.717, 1.165) is 29.9 Å². The van der Waals surface area contributed by atoms with E-state index in [9.17, 15) is 0 Å². The molecule has 0 heterocycles. The molecule has 0 aromatic carbocycles. The summed E-state index contributed by atoms with van der Waals surface area (Å²) in [6, 6.07) is 0. The fourth-order valence-electron chi connectivity index (χ4n) is 5.35. The highest BCUT2D eigenvalue weighted by Crippen LogP contribution is 2.53. The number of hydrogen-bond donors (Lipinski definition) is 1. The third-order valence-electron chi connectivity index (χ3n) is 7.60. The zero-order valence-corrected chi connectivity index (χ0v) is 18.8. The Balaban J connectivity index is 2.53. The molecule has 0 aliphatic heterocycles. The molecule has 1 aliphatic carbocycles. The van der Waals surface area contributed by atoms with Gasteiger partial charge in [-0.15, -0.1) is 0 Å². The smallest absolute Gasteiger partial charge is 0.00582 e. The van der Waals surface area contributed by atoms with Crippen LogP contribution in [0.1, 0.15) is 131 Å². The molecule has 0 amide bonds. The van der Waals surface area contributed by atoms with Crippen molar-refractivity contribution >= 4 is 5.71 Å². The van der Waals surface area contributed by atoms with E-state index in [0.29, 0.717) is 5.41 Å². The minimum atomic E-state index is 0.619. The maximum absolute atomic E-state index is 7.56. The minimum Gasteiger partial charge on any atom is -0.310 e. The average Bonchev–Trinajstić information content (AvgIpc) is 2.99. The summed E-state index contributed by atoms with van der Waals surface area (Å²) < 4.78 is 0. The molecule has 1 N–H and O–H groups in total. The molecule has 0 aromatic heterocycles. The summed E-state index contributed by atoms with van der Waals surface area (Å²) in [6.45, 7) is 11.8. The fraction of sp³-hybridized carbons (Fsp3) is 0.960. The van der Waals surface area contributed by atoms with Gasteiger partial charge in [0.15, 0.2) is 0 Å². The molecule has 0 spiro atoms. The van der Waals surface area contributed by atoms with Gasteiger partial charge in [-0.2, -0.15) is 0 Å². The summed E-state index contributed by atoms with van der Waals surface area (Å²) in [6.07, 6.45) is 20.8. The molecule has 0 saturated heterocycles. The van der Waals surface area contributed by atoms with Gasteiger partial charge < -0.3 is 5.41 Å². The molecule has 1 heteroatoms. The monoisotopic (exact) mass is 363 g/mol. The highest BCUT2D eigenvalue weighted by atomic mass is 14.5. The van der Waals surface area contributed by atoms with Crippen LogP contribution in [0.3, 0.4) is 0 Å². The molecule has 26 heavy (non-hydrogen) atoms. The SMILES string of the molecule is CCCCC(CCCCCCC(C)=N)C1(C)CCCC1CCC(C)CC. The van der Waals surface area contributed by atoms with Crippen LogP contribution in [-0.2, 0) is 0 Å². The molecular weight excluding hydrogens is 314 g/mol. The van der Waals surface area contributed by atoms with Gasteiger partial charge in [0.1, 0.15) is 0 Å². The summed E-state index contributed by atoms with van der Waals surface area (Å²) in [7, 11) is 0. The van der Waals surface area contributed by atoms with Crippen molar-refractivity contribution in [3.63, 3.8) is 0 Å². The van der Waals surface area contributed by atoms with Crippen LogP contribution in [-0.4, -0.2) is 5.71 Å². The predicted octanol–water partition coefficient (Wildman–Crippen LogP) is 8.81. The fourth-order valence-corrected chi connectivity index (χ4v) is 5.35. The van der Waals surface area contributed by atoms with E-state index in [1.165, 1.54) is 89.9 Å². The molecule has 1 fully saturated rings. The molecule has 0 bridgehead atoms. The highest BCUT2D eigenvalue weighted by molar-refractivity contribution is 5.78. The predicted molar refractivity (Wildman–Crippen MR) is 118 cm³/mol. The van der Waals surface area contributed by atoms with Crippen LogP contribution in [0.25, 0.3) is 0 Å². The van der Waals surface area contributed by atoms with Gasteiger partial charge in [-0.3, -0.25) is 0 Å². The van der Waals surface area contributed by atoms with Gasteiger partial charge in [0.25, 0.3) is 0 Å². The van der Waals surface area contributed by atoms with Crippen LogP contribution < -0.4 is 0 Å². The van der Waals surface area contributed by atoms with Gasteiger partial charge in [-0.1, -0.05) is 79.1 Å². The van der Waals surface area contributed by atoms with Crippen molar-refractivity contribution in [1.29, 1.82) is 5.41 Å². The number of nitrogens with one attached hydrogen (secondary N) is 1. The Bertz CT molecular complexity index is 374. The van der Waals surface area contributed by atoms with Crippen molar-refractivity contribution in [3.8, 4) is 0 Å². The van der Waals surface area contributed by atoms with Crippen LogP contribution in [0.4, 0.5) is 0 Å². The van der Waals surface area contributed by atoms with Crippen molar-refractivity contribution in [2.45, 2.75) is 131 Å². The molecule has 0 radical (unpaired) electrons. The van der Waals surface area contributed by atoms with Gasteiger partial charge in [-0.25, -0.2) is 0 Å². The second-order valence-corrected chi connectivity index (χ2v) is 9.76.